The molecule has 0 unspecified atom stereocenters. The molecular weight excluding hydrogens is 220 g/mol. The maximum absolute atomic E-state index is 4.21. The molecule has 1 fully saturated rings. The third-order valence-electron chi connectivity index (χ3n) is 3.27. The molecule has 1 saturated heterocycles. The van der Waals surface area contributed by atoms with E-state index in [1.165, 1.54) is 11.1 Å². The van der Waals surface area contributed by atoms with Crippen molar-refractivity contribution in [2.24, 2.45) is 0 Å². The van der Waals surface area contributed by atoms with Crippen molar-refractivity contribution in [3.8, 4) is 0 Å². The van der Waals surface area contributed by atoms with Crippen molar-refractivity contribution in [3.63, 3.8) is 0 Å². The number of piperazine rings is 1. The number of rotatable bonds is 2. The summed E-state index contributed by atoms with van der Waals surface area (Å²) in [6.07, 6.45) is 0. The summed E-state index contributed by atoms with van der Waals surface area (Å²) < 4.78 is 0. The SMILES string of the molecule is C=C(c1ccc(C)cc1)N1CCN(C)CC1.CC. The fourth-order valence-corrected chi connectivity index (χ4v) is 2.00. The van der Waals surface area contributed by atoms with Gasteiger partial charge in [0.1, 0.15) is 0 Å². The Morgan fingerprint density at radius 1 is 1.00 bits per heavy atom. The van der Waals surface area contributed by atoms with Gasteiger partial charge in [-0.3, -0.25) is 0 Å². The zero-order chi connectivity index (χ0) is 13.5. The minimum atomic E-state index is 1.09. The molecule has 1 aliphatic rings. The normalized spacial score (nSPS) is 15.9. The maximum Gasteiger partial charge on any atom is 0.0367 e. The van der Waals surface area contributed by atoms with Crippen LogP contribution in [0, 0.1) is 6.92 Å². The van der Waals surface area contributed by atoms with Crippen LogP contribution in [0.15, 0.2) is 30.8 Å². The second-order valence-electron chi connectivity index (χ2n) is 4.60. The van der Waals surface area contributed by atoms with E-state index >= 15 is 0 Å². The number of nitrogens with zero attached hydrogens (tertiary/aromatic N) is 2. The van der Waals surface area contributed by atoms with Crippen molar-refractivity contribution in [2.75, 3.05) is 33.2 Å². The highest BCUT2D eigenvalue weighted by Gasteiger charge is 2.15. The lowest BCUT2D eigenvalue weighted by molar-refractivity contribution is 0.207. The highest BCUT2D eigenvalue weighted by Crippen LogP contribution is 2.19. The Morgan fingerprint density at radius 3 is 2.00 bits per heavy atom. The first-order valence-corrected chi connectivity index (χ1v) is 6.86. The molecule has 1 aromatic rings. The number of benzene rings is 1. The van der Waals surface area contributed by atoms with E-state index in [1.54, 1.807) is 0 Å². The first kappa shape index (κ1) is 14.8. The van der Waals surface area contributed by atoms with Crippen LogP contribution in [0.4, 0.5) is 0 Å². The van der Waals surface area contributed by atoms with Gasteiger partial charge in [-0.1, -0.05) is 50.3 Å². The van der Waals surface area contributed by atoms with Crippen molar-refractivity contribution < 1.29 is 0 Å². The Hall–Kier alpha value is -1.28. The highest BCUT2D eigenvalue weighted by molar-refractivity contribution is 5.62. The van der Waals surface area contributed by atoms with E-state index in [-0.39, 0.29) is 0 Å². The molecule has 0 spiro atoms. The predicted molar refractivity (Wildman–Crippen MR) is 80.6 cm³/mol. The van der Waals surface area contributed by atoms with Crippen molar-refractivity contribution in [3.05, 3.63) is 42.0 Å². The van der Waals surface area contributed by atoms with Crippen LogP contribution in [0.25, 0.3) is 5.70 Å². The summed E-state index contributed by atoms with van der Waals surface area (Å²) in [5.41, 5.74) is 3.71. The zero-order valence-corrected chi connectivity index (χ0v) is 12.2. The van der Waals surface area contributed by atoms with Gasteiger partial charge >= 0.3 is 0 Å². The van der Waals surface area contributed by atoms with Gasteiger partial charge in [0, 0.05) is 31.9 Å². The van der Waals surface area contributed by atoms with Gasteiger partial charge in [0.2, 0.25) is 0 Å². The van der Waals surface area contributed by atoms with Gasteiger partial charge in [-0.25, -0.2) is 0 Å². The lowest BCUT2D eigenvalue weighted by Gasteiger charge is -2.35. The van der Waals surface area contributed by atoms with Crippen LogP contribution in [0.5, 0.6) is 0 Å². The first-order valence-electron chi connectivity index (χ1n) is 6.86. The Morgan fingerprint density at radius 2 is 1.50 bits per heavy atom. The summed E-state index contributed by atoms with van der Waals surface area (Å²) in [7, 11) is 2.17. The number of likely N-dealkylation sites (N-methyl/N-ethyl adjacent to an activating group) is 1. The second kappa shape index (κ2) is 7.22. The molecule has 1 aliphatic heterocycles. The molecule has 0 N–H and O–H groups in total. The van der Waals surface area contributed by atoms with Gasteiger partial charge in [-0.2, -0.15) is 0 Å². The Labute approximate surface area is 112 Å². The molecule has 2 rings (SSSR count). The quantitative estimate of drug-likeness (QED) is 0.790. The highest BCUT2D eigenvalue weighted by atomic mass is 15.2. The van der Waals surface area contributed by atoms with Crippen LogP contribution in [0.1, 0.15) is 25.0 Å². The van der Waals surface area contributed by atoms with Crippen molar-refractivity contribution >= 4 is 5.70 Å². The predicted octanol–water partition coefficient (Wildman–Crippen LogP) is 3.24. The smallest absolute Gasteiger partial charge is 0.0367 e. The molecule has 1 heterocycles. The minimum absolute atomic E-state index is 1.09. The average molecular weight is 246 g/mol. The van der Waals surface area contributed by atoms with Crippen LogP contribution in [-0.2, 0) is 0 Å². The largest absolute Gasteiger partial charge is 0.369 e. The van der Waals surface area contributed by atoms with E-state index in [2.05, 4.69) is 54.6 Å². The molecule has 100 valence electrons. The molecule has 2 heteroatoms. The lowest BCUT2D eigenvalue weighted by Crippen LogP contribution is -2.43. The van der Waals surface area contributed by atoms with Gasteiger partial charge in [0.15, 0.2) is 0 Å². The fraction of sp³-hybridized carbons (Fsp3) is 0.500. The molecule has 0 atom stereocenters. The van der Waals surface area contributed by atoms with E-state index in [0.29, 0.717) is 0 Å². The Bertz CT molecular complexity index is 359. The van der Waals surface area contributed by atoms with Crippen LogP contribution < -0.4 is 0 Å². The summed E-state index contributed by atoms with van der Waals surface area (Å²) in [6.45, 7) is 14.8. The number of hydrogen-bond acceptors (Lipinski definition) is 2. The van der Waals surface area contributed by atoms with Crippen LogP contribution in [0.3, 0.4) is 0 Å². The third-order valence-corrected chi connectivity index (χ3v) is 3.27. The molecule has 0 aliphatic carbocycles. The van der Waals surface area contributed by atoms with Gasteiger partial charge in [0.25, 0.3) is 0 Å². The summed E-state index contributed by atoms with van der Waals surface area (Å²) in [6, 6.07) is 8.62. The molecule has 18 heavy (non-hydrogen) atoms. The third kappa shape index (κ3) is 3.88. The van der Waals surface area contributed by atoms with Crippen molar-refractivity contribution in [2.45, 2.75) is 20.8 Å². The number of hydrogen-bond donors (Lipinski definition) is 0. The summed E-state index contributed by atoms with van der Waals surface area (Å²) in [5, 5.41) is 0. The average Bonchev–Trinajstić information content (AvgIpc) is 2.42. The first-order chi connectivity index (χ1) is 8.66. The monoisotopic (exact) mass is 246 g/mol. The second-order valence-corrected chi connectivity index (χ2v) is 4.60. The van der Waals surface area contributed by atoms with E-state index in [9.17, 15) is 0 Å². The molecular formula is C16H26N2. The molecule has 2 nitrogen and oxygen atoms in total. The molecule has 0 saturated carbocycles. The van der Waals surface area contributed by atoms with Crippen LogP contribution in [0.2, 0.25) is 0 Å². The molecule has 1 aromatic carbocycles. The number of aryl methyl sites for hydroxylation is 1. The minimum Gasteiger partial charge on any atom is -0.369 e. The maximum atomic E-state index is 4.21. The van der Waals surface area contributed by atoms with Gasteiger partial charge < -0.3 is 9.80 Å². The molecule has 0 amide bonds. The summed E-state index contributed by atoms with van der Waals surface area (Å²) >= 11 is 0. The van der Waals surface area contributed by atoms with E-state index in [0.717, 1.165) is 31.9 Å². The standard InChI is InChI=1S/C14H20N2.C2H6/c1-12-4-6-14(7-5-12)13(2)16-10-8-15(3)9-11-16;1-2/h4-7H,2,8-11H2,1,3H3;1-2H3. The molecule has 0 aromatic heterocycles. The van der Waals surface area contributed by atoms with Gasteiger partial charge in [-0.15, -0.1) is 0 Å². The van der Waals surface area contributed by atoms with Gasteiger partial charge in [0.05, 0.1) is 0 Å². The lowest BCUT2D eigenvalue weighted by atomic mass is 10.1. The van der Waals surface area contributed by atoms with Crippen LogP contribution >= 0.6 is 0 Å². The topological polar surface area (TPSA) is 6.48 Å². The van der Waals surface area contributed by atoms with Gasteiger partial charge in [-0.05, 0) is 19.5 Å². The van der Waals surface area contributed by atoms with Crippen molar-refractivity contribution in [1.82, 2.24) is 9.80 Å². The fourth-order valence-electron chi connectivity index (χ4n) is 2.00. The van der Waals surface area contributed by atoms with E-state index in [1.807, 2.05) is 13.8 Å². The van der Waals surface area contributed by atoms with E-state index < -0.39 is 0 Å². The molecule has 0 radical (unpaired) electrons. The molecule has 0 bridgehead atoms. The Balaban J connectivity index is 0.000000771. The zero-order valence-electron chi connectivity index (χ0n) is 12.2. The summed E-state index contributed by atoms with van der Waals surface area (Å²) in [4.78, 5) is 4.74. The van der Waals surface area contributed by atoms with Crippen LogP contribution in [-0.4, -0.2) is 43.0 Å². The van der Waals surface area contributed by atoms with E-state index in [4.69, 9.17) is 0 Å². The summed E-state index contributed by atoms with van der Waals surface area (Å²) in [5.74, 6) is 0. The Kier molecular flexibility index (Phi) is 5.93. The van der Waals surface area contributed by atoms with Crippen molar-refractivity contribution in [1.29, 1.82) is 0 Å².